The largest absolute Gasteiger partial charge is 0.488 e. The van der Waals surface area contributed by atoms with Gasteiger partial charge in [-0.25, -0.2) is 4.98 Å². The Balaban J connectivity index is 1.28. The summed E-state index contributed by atoms with van der Waals surface area (Å²) >= 11 is 1.63. The summed E-state index contributed by atoms with van der Waals surface area (Å²) in [5, 5.41) is 8.65. The van der Waals surface area contributed by atoms with Crippen LogP contribution in [0, 0.1) is 0 Å². The predicted octanol–water partition coefficient (Wildman–Crippen LogP) is 2.06. The molecule has 1 aliphatic rings. The average Bonchev–Trinajstić information content (AvgIpc) is 3.28. The van der Waals surface area contributed by atoms with Crippen LogP contribution >= 0.6 is 11.3 Å². The molecule has 0 amide bonds. The van der Waals surface area contributed by atoms with Gasteiger partial charge in [0, 0.05) is 31.2 Å². The molecule has 0 saturated carbocycles. The third-order valence-corrected chi connectivity index (χ3v) is 4.79. The van der Waals surface area contributed by atoms with E-state index < -0.39 is 0 Å². The van der Waals surface area contributed by atoms with Crippen molar-refractivity contribution >= 4 is 22.3 Å². The smallest absolute Gasteiger partial charge is 0.193 e. The molecule has 1 aliphatic heterocycles. The Morgan fingerprint density at radius 2 is 2.33 bits per heavy atom. The molecule has 0 saturated heterocycles. The van der Waals surface area contributed by atoms with E-state index in [1.54, 1.807) is 18.4 Å². The van der Waals surface area contributed by atoms with E-state index in [0.717, 1.165) is 28.8 Å². The second kappa shape index (κ2) is 6.52. The molecule has 0 fully saturated rings. The van der Waals surface area contributed by atoms with E-state index >= 15 is 0 Å². The number of para-hydroxylation sites is 1. The molecule has 1 aromatic carbocycles. The van der Waals surface area contributed by atoms with Crippen LogP contribution < -0.4 is 15.4 Å². The van der Waals surface area contributed by atoms with Crippen molar-refractivity contribution in [3.05, 3.63) is 53.3 Å². The van der Waals surface area contributed by atoms with Gasteiger partial charge in [-0.3, -0.25) is 9.39 Å². The average molecular weight is 341 g/mol. The second-order valence-electron chi connectivity index (χ2n) is 5.68. The number of thiazole rings is 1. The van der Waals surface area contributed by atoms with Gasteiger partial charge < -0.3 is 15.4 Å². The molecular formula is C17H19N5OS. The lowest BCUT2D eigenvalue weighted by Crippen LogP contribution is -2.42. The lowest BCUT2D eigenvalue weighted by Gasteiger charge is -2.15. The van der Waals surface area contributed by atoms with Crippen molar-refractivity contribution in [2.45, 2.75) is 19.1 Å². The third kappa shape index (κ3) is 3.07. The Labute approximate surface area is 144 Å². The van der Waals surface area contributed by atoms with E-state index in [2.05, 4.69) is 26.7 Å². The van der Waals surface area contributed by atoms with Gasteiger partial charge >= 0.3 is 0 Å². The monoisotopic (exact) mass is 341 g/mol. The first-order valence-corrected chi connectivity index (χ1v) is 8.80. The van der Waals surface area contributed by atoms with Crippen LogP contribution in [0.3, 0.4) is 0 Å². The summed E-state index contributed by atoms with van der Waals surface area (Å²) in [6.07, 6.45) is 5.11. The number of aliphatic imine (C=N–C) groups is 1. The quantitative estimate of drug-likeness (QED) is 0.563. The summed E-state index contributed by atoms with van der Waals surface area (Å²) in [6, 6.07) is 8.19. The van der Waals surface area contributed by atoms with Gasteiger partial charge in [-0.05, 0) is 11.6 Å². The first-order valence-electron chi connectivity index (χ1n) is 7.92. The van der Waals surface area contributed by atoms with Crippen LogP contribution in [0.1, 0.15) is 11.3 Å². The van der Waals surface area contributed by atoms with Crippen molar-refractivity contribution < 1.29 is 4.74 Å². The van der Waals surface area contributed by atoms with Crippen LogP contribution in [0.5, 0.6) is 5.75 Å². The topological polar surface area (TPSA) is 63.0 Å². The van der Waals surface area contributed by atoms with Crippen LogP contribution in [0.4, 0.5) is 0 Å². The third-order valence-electron chi connectivity index (χ3n) is 4.01. The van der Waals surface area contributed by atoms with Crippen LogP contribution in [-0.4, -0.2) is 35.0 Å². The molecule has 0 radical (unpaired) electrons. The Kier molecular flexibility index (Phi) is 4.08. The van der Waals surface area contributed by atoms with Gasteiger partial charge in [-0.2, -0.15) is 0 Å². The summed E-state index contributed by atoms with van der Waals surface area (Å²) in [5.41, 5.74) is 2.26. The number of benzene rings is 1. The van der Waals surface area contributed by atoms with Gasteiger partial charge in [0.2, 0.25) is 0 Å². The highest BCUT2D eigenvalue weighted by Crippen LogP contribution is 2.27. The molecular weight excluding hydrogens is 322 g/mol. The van der Waals surface area contributed by atoms with Crippen molar-refractivity contribution in [2.75, 3.05) is 13.6 Å². The summed E-state index contributed by atoms with van der Waals surface area (Å²) in [4.78, 5) is 9.82. The number of ether oxygens (including phenoxy) is 1. The molecule has 2 N–H and O–H groups in total. The number of aromatic nitrogens is 2. The Morgan fingerprint density at radius 3 is 3.17 bits per heavy atom. The predicted molar refractivity (Wildman–Crippen MR) is 95.8 cm³/mol. The molecule has 4 rings (SSSR count). The minimum atomic E-state index is 0.138. The highest BCUT2D eigenvalue weighted by atomic mass is 32.1. The fourth-order valence-corrected chi connectivity index (χ4v) is 3.55. The SMILES string of the molecule is CN=C(NCc1cn2ccsc2n1)NCC1Cc2ccccc2O1. The number of imidazole rings is 1. The highest BCUT2D eigenvalue weighted by molar-refractivity contribution is 7.15. The molecule has 0 spiro atoms. The standard InChI is InChI=1S/C17H19N5OS/c1-18-16(19-9-13-11-22-6-7-24-17(22)21-13)20-10-14-8-12-4-2-3-5-15(12)23-14/h2-7,11,14H,8-10H2,1H3,(H2,18,19,20). The molecule has 1 atom stereocenters. The van der Waals surface area contributed by atoms with Crippen molar-refractivity contribution in [3.63, 3.8) is 0 Å². The van der Waals surface area contributed by atoms with Gasteiger partial charge in [0.25, 0.3) is 0 Å². The summed E-state index contributed by atoms with van der Waals surface area (Å²) in [5.74, 6) is 1.75. The zero-order valence-electron chi connectivity index (χ0n) is 13.4. The maximum Gasteiger partial charge on any atom is 0.193 e. The molecule has 1 unspecified atom stereocenters. The molecule has 24 heavy (non-hydrogen) atoms. The summed E-state index contributed by atoms with van der Waals surface area (Å²) < 4.78 is 7.96. The van der Waals surface area contributed by atoms with E-state index in [0.29, 0.717) is 13.1 Å². The molecule has 7 heteroatoms. The molecule has 0 bridgehead atoms. The van der Waals surface area contributed by atoms with Crippen LogP contribution in [0.2, 0.25) is 0 Å². The zero-order valence-corrected chi connectivity index (χ0v) is 14.2. The first kappa shape index (κ1) is 15.0. The summed E-state index contributed by atoms with van der Waals surface area (Å²) in [7, 11) is 1.77. The number of rotatable bonds is 4. The lowest BCUT2D eigenvalue weighted by molar-refractivity contribution is 0.235. The van der Waals surface area contributed by atoms with Crippen molar-refractivity contribution in [2.24, 2.45) is 4.99 Å². The van der Waals surface area contributed by atoms with Crippen LogP contribution in [0.15, 0.2) is 47.0 Å². The van der Waals surface area contributed by atoms with E-state index in [1.165, 1.54) is 5.56 Å². The molecule has 3 heterocycles. The number of nitrogens with one attached hydrogen (secondary N) is 2. The lowest BCUT2D eigenvalue weighted by atomic mass is 10.1. The van der Waals surface area contributed by atoms with Gasteiger partial charge in [-0.1, -0.05) is 18.2 Å². The number of guanidine groups is 1. The Bertz CT molecular complexity index is 815. The van der Waals surface area contributed by atoms with Gasteiger partial charge in [-0.15, -0.1) is 11.3 Å². The zero-order chi connectivity index (χ0) is 16.4. The molecule has 0 aliphatic carbocycles. The molecule has 6 nitrogen and oxygen atoms in total. The van der Waals surface area contributed by atoms with Crippen LogP contribution in [-0.2, 0) is 13.0 Å². The van der Waals surface area contributed by atoms with Crippen molar-refractivity contribution in [3.8, 4) is 5.75 Å². The fourth-order valence-electron chi connectivity index (χ4n) is 2.83. The van der Waals surface area contributed by atoms with Crippen molar-refractivity contribution in [1.29, 1.82) is 0 Å². The Morgan fingerprint density at radius 1 is 1.42 bits per heavy atom. The number of fused-ring (bicyclic) bond motifs is 2. The maximum absolute atomic E-state index is 5.93. The highest BCUT2D eigenvalue weighted by Gasteiger charge is 2.22. The number of nitrogens with zero attached hydrogens (tertiary/aromatic N) is 3. The summed E-state index contributed by atoms with van der Waals surface area (Å²) in [6.45, 7) is 1.35. The normalized spacial score (nSPS) is 16.9. The van der Waals surface area contributed by atoms with Gasteiger partial charge in [0.1, 0.15) is 11.9 Å². The van der Waals surface area contributed by atoms with Gasteiger partial charge in [0.05, 0.1) is 18.8 Å². The van der Waals surface area contributed by atoms with Gasteiger partial charge in [0.15, 0.2) is 10.9 Å². The van der Waals surface area contributed by atoms with E-state index in [9.17, 15) is 0 Å². The molecule has 3 aromatic rings. The maximum atomic E-state index is 5.93. The minimum absolute atomic E-state index is 0.138. The van der Waals surface area contributed by atoms with E-state index in [1.807, 2.05) is 40.4 Å². The van der Waals surface area contributed by atoms with E-state index in [4.69, 9.17) is 4.74 Å². The Hall–Kier alpha value is -2.54. The minimum Gasteiger partial charge on any atom is -0.488 e. The number of hydrogen-bond donors (Lipinski definition) is 2. The molecule has 124 valence electrons. The molecule has 2 aromatic heterocycles. The van der Waals surface area contributed by atoms with E-state index in [-0.39, 0.29) is 6.10 Å². The fraction of sp³-hybridized carbons (Fsp3) is 0.294. The van der Waals surface area contributed by atoms with Crippen LogP contribution in [0.25, 0.3) is 4.96 Å². The first-order chi connectivity index (χ1) is 11.8. The second-order valence-corrected chi connectivity index (χ2v) is 6.56. The number of hydrogen-bond acceptors (Lipinski definition) is 4. The van der Waals surface area contributed by atoms with Crippen molar-refractivity contribution in [1.82, 2.24) is 20.0 Å².